The number of ether oxygens (including phenoxy) is 3. The smallest absolute Gasteiger partial charge is 0.379 e. The Hall–Kier alpha value is -5.92. The predicted octanol–water partition coefficient (Wildman–Crippen LogP) is 1.15. The Bertz CT molecular complexity index is 3780. The highest BCUT2D eigenvalue weighted by Crippen LogP contribution is 2.24. The molecule has 31 nitrogen and oxygen atoms in total. The zero-order valence-electron chi connectivity index (χ0n) is 50.2. The molecule has 0 fully saturated rings. The second-order valence-electron chi connectivity index (χ2n) is 20.1. The Labute approximate surface area is 533 Å². The number of amides is 4. The fraction of sp³-hybridized carbons (Fsp3) is 0.472. The van der Waals surface area contributed by atoms with E-state index in [1.807, 2.05) is 0 Å². The molecular formula is C53H72N4O27S8. The first-order valence-corrected chi connectivity index (χ1v) is 41.2. The highest BCUT2D eigenvalue weighted by molar-refractivity contribution is 8.66. The van der Waals surface area contributed by atoms with Gasteiger partial charge in [-0.25, -0.2) is 33.7 Å². The van der Waals surface area contributed by atoms with Crippen molar-refractivity contribution in [2.45, 2.75) is 97.8 Å². The van der Waals surface area contributed by atoms with Crippen LogP contribution >= 0.6 is 0 Å². The fourth-order valence-electron chi connectivity index (χ4n) is 7.36. The summed E-state index contributed by atoms with van der Waals surface area (Å²) in [6.45, 7) is 0.669. The van der Waals surface area contributed by atoms with Crippen molar-refractivity contribution < 1.29 is 117 Å². The Morgan fingerprint density at radius 2 is 0.522 bits per heavy atom. The Kier molecular flexibility index (Phi) is 29.9. The Morgan fingerprint density at radius 1 is 0.315 bits per heavy atom. The molecule has 0 saturated carbocycles. The first-order valence-electron chi connectivity index (χ1n) is 27.6. The topological polar surface area (TPSA) is 454 Å². The normalized spacial score (nSPS) is 12.9. The van der Waals surface area contributed by atoms with Gasteiger partial charge in [0.2, 0.25) is 23.6 Å². The molecule has 39 heteroatoms. The number of carbonyl (C=O) groups excluding carboxylic acids is 4. The van der Waals surface area contributed by atoms with Gasteiger partial charge in [-0.3, -0.25) is 35.9 Å². The predicted molar refractivity (Wildman–Crippen MR) is 328 cm³/mol. The van der Waals surface area contributed by atoms with Crippen LogP contribution in [0.15, 0.2) is 117 Å². The number of aryl methyl sites for hydroxylation is 4. The van der Waals surface area contributed by atoms with Crippen LogP contribution in [0, 0.1) is 27.7 Å². The first-order chi connectivity index (χ1) is 42.9. The van der Waals surface area contributed by atoms with E-state index in [0.717, 1.165) is 48.5 Å². The van der Waals surface area contributed by atoms with Crippen LogP contribution in [0.4, 0.5) is 0 Å². The van der Waals surface area contributed by atoms with Crippen molar-refractivity contribution in [1.82, 2.24) is 21.3 Å². The maximum atomic E-state index is 13.7. The van der Waals surface area contributed by atoms with E-state index in [1.54, 1.807) is 27.7 Å². The highest BCUT2D eigenvalue weighted by Gasteiger charge is 2.38. The van der Waals surface area contributed by atoms with E-state index in [-0.39, 0.29) is 58.7 Å². The number of hydrogen-bond donors (Lipinski definition) is 4. The molecule has 0 aliphatic rings. The van der Waals surface area contributed by atoms with Crippen LogP contribution in [0.25, 0.3) is 0 Å². The summed E-state index contributed by atoms with van der Waals surface area (Å²) in [4.78, 5) is 49.3. The van der Waals surface area contributed by atoms with E-state index in [9.17, 15) is 86.5 Å². The summed E-state index contributed by atoms with van der Waals surface area (Å²) in [6, 6.07) is 19.6. The maximum absolute atomic E-state index is 13.7. The van der Waals surface area contributed by atoms with Crippen LogP contribution in [0.3, 0.4) is 0 Å². The molecule has 0 radical (unpaired) electrons. The van der Waals surface area contributed by atoms with Crippen molar-refractivity contribution in [3.63, 3.8) is 0 Å². The van der Waals surface area contributed by atoms with Crippen LogP contribution in [-0.4, -0.2) is 182 Å². The summed E-state index contributed by atoms with van der Waals surface area (Å²) in [5, 5.41) is 10.1. The van der Waals surface area contributed by atoms with Crippen LogP contribution in [0.2, 0.25) is 0 Å². The van der Waals surface area contributed by atoms with Gasteiger partial charge in [-0.1, -0.05) is 70.8 Å². The molecular weight excluding hydrogens is 1380 g/mol. The van der Waals surface area contributed by atoms with E-state index >= 15 is 0 Å². The lowest BCUT2D eigenvalue weighted by atomic mass is 10.0. The third kappa shape index (κ3) is 23.5. The van der Waals surface area contributed by atoms with Crippen molar-refractivity contribution in [2.24, 2.45) is 0 Å². The average molecular weight is 1450 g/mol. The third-order valence-corrected chi connectivity index (χ3v) is 29.7. The van der Waals surface area contributed by atoms with Gasteiger partial charge in [0.05, 0.1) is 91.5 Å². The zero-order valence-corrected chi connectivity index (χ0v) is 56.7. The van der Waals surface area contributed by atoms with Crippen molar-refractivity contribution in [1.29, 1.82) is 0 Å². The number of benzene rings is 4. The van der Waals surface area contributed by atoms with Crippen LogP contribution in [0.1, 0.15) is 67.2 Å². The lowest BCUT2D eigenvalue weighted by molar-refractivity contribution is -0.128. The lowest BCUT2D eigenvalue weighted by Crippen LogP contribution is -2.59. The van der Waals surface area contributed by atoms with E-state index < -0.39 is 193 Å². The summed E-state index contributed by atoms with van der Waals surface area (Å²) in [7, 11) is -41.1. The van der Waals surface area contributed by atoms with E-state index in [4.69, 9.17) is 18.4 Å². The van der Waals surface area contributed by atoms with Gasteiger partial charge in [-0.2, -0.15) is 33.7 Å². The van der Waals surface area contributed by atoms with Gasteiger partial charge in [-0.15, -0.1) is 0 Å². The zero-order chi connectivity index (χ0) is 68.7. The third-order valence-electron chi connectivity index (χ3n) is 12.4. The second-order valence-corrected chi connectivity index (χ2v) is 40.0. The summed E-state index contributed by atoms with van der Waals surface area (Å²) >= 11 is 0. The maximum Gasteiger partial charge on any atom is 0.379 e. The molecule has 4 amide bonds. The van der Waals surface area contributed by atoms with Gasteiger partial charge in [0, 0.05) is 39.5 Å². The van der Waals surface area contributed by atoms with Gasteiger partial charge in [0.15, 0.2) is 0 Å². The van der Waals surface area contributed by atoms with Gasteiger partial charge >= 0.3 is 72.1 Å². The molecule has 0 atom stereocenters. The molecule has 4 N–H and O–H groups in total. The van der Waals surface area contributed by atoms with Gasteiger partial charge in [-0.05, 0) is 95.5 Å². The molecule has 514 valence electrons. The average Bonchev–Trinajstić information content (AvgIpc) is 0.823. The quantitative estimate of drug-likeness (QED) is 0.0357. The van der Waals surface area contributed by atoms with Gasteiger partial charge in [0.25, 0.3) is 0 Å². The minimum Gasteiger partial charge on any atom is -0.379 e. The molecule has 4 aromatic rings. The van der Waals surface area contributed by atoms with Crippen molar-refractivity contribution in [2.75, 3.05) is 85.7 Å². The van der Waals surface area contributed by atoms with Crippen LogP contribution < -0.4 is 21.3 Å². The summed E-state index contributed by atoms with van der Waals surface area (Å²) in [5.74, 6) is -3.24. The SMILES string of the molecule is Cc1ccc(S(=O)(=O)S(=O)(=O)OCCC(=O)NCCCOCC(COCCCNC(=O)CCOS(=O)(=O)S(=O)(=O)c2ccc(C)cc2)(COCCCNC(=O)CCOS(=O)(=O)S(=O)(=O)c2ccc(C)cc2)NC(=O)CCOS(=O)(=O)S(=O)(=O)c2ccc(C)cc2)cc1. The van der Waals surface area contributed by atoms with E-state index in [0.29, 0.717) is 22.3 Å². The molecule has 0 aromatic heterocycles. The number of carbonyl (C=O) groups is 4. The minimum atomic E-state index is -5.39. The first kappa shape index (κ1) is 78.5. The summed E-state index contributed by atoms with van der Waals surface area (Å²) in [6.07, 6.45) is -2.46. The Balaban J connectivity index is 1.42. The van der Waals surface area contributed by atoms with Crippen molar-refractivity contribution >= 4 is 95.7 Å². The minimum absolute atomic E-state index is 0.0397. The number of hydrogen-bond acceptors (Lipinski definition) is 27. The fourth-order valence-corrected chi connectivity index (χ4v) is 18.3. The molecule has 0 unspecified atom stereocenters. The lowest BCUT2D eigenvalue weighted by Gasteiger charge is -2.34. The van der Waals surface area contributed by atoms with Crippen molar-refractivity contribution in [3.05, 3.63) is 119 Å². The monoisotopic (exact) mass is 1450 g/mol. The standard InChI is InChI=1S/C53H72N4O27S8/c1-41-8-16-45(17-9-41)85(62,63)89(70,71)81-34-24-49(58)54-28-5-31-78-38-53(57-52(61)27-37-84-92(76,77)88(68,69)48-22-14-44(4)15-23-48,39-79-32-6-29-55-50(59)25-35-82-90(72,73)86(64,65)46-18-10-42(2)11-19-46)40-80-33-7-30-56-51(60)26-36-83-91(74,75)87(66,67)47-20-12-43(3)13-21-47/h8-23H,5-7,24-40H2,1-4H3,(H,54,58)(H,55,59)(H,56,60)(H,57,61). The van der Waals surface area contributed by atoms with Gasteiger partial charge < -0.3 is 35.5 Å². The van der Waals surface area contributed by atoms with Crippen molar-refractivity contribution in [3.8, 4) is 0 Å². The number of nitrogens with one attached hydrogen (secondary N) is 4. The largest absolute Gasteiger partial charge is 0.379 e. The molecule has 0 spiro atoms. The summed E-state index contributed by atoms with van der Waals surface area (Å²) < 4.78 is 239. The molecule has 0 aliphatic carbocycles. The van der Waals surface area contributed by atoms with E-state index in [1.165, 1.54) is 48.5 Å². The molecule has 0 heterocycles. The summed E-state index contributed by atoms with van der Waals surface area (Å²) in [5.41, 5.74) is 0.849. The highest BCUT2D eigenvalue weighted by atomic mass is 33.2. The van der Waals surface area contributed by atoms with Crippen LogP contribution in [-0.2, 0) is 122 Å². The van der Waals surface area contributed by atoms with E-state index in [2.05, 4.69) is 33.8 Å². The van der Waals surface area contributed by atoms with Gasteiger partial charge in [0.1, 0.15) is 5.54 Å². The molecule has 0 saturated heterocycles. The molecule has 4 rings (SSSR count). The molecule has 0 aliphatic heterocycles. The molecule has 0 bridgehead atoms. The number of rotatable bonds is 43. The second kappa shape index (κ2) is 35.0. The van der Waals surface area contributed by atoms with Crippen LogP contribution in [0.5, 0.6) is 0 Å². The molecule has 92 heavy (non-hydrogen) atoms. The Morgan fingerprint density at radius 3 is 0.739 bits per heavy atom. The molecule has 4 aromatic carbocycles.